The highest BCUT2D eigenvalue weighted by Gasteiger charge is 2.55. The van der Waals surface area contributed by atoms with Gasteiger partial charge < -0.3 is 15.3 Å². The Morgan fingerprint density at radius 2 is 2.26 bits per heavy atom. The van der Waals surface area contributed by atoms with Crippen LogP contribution in [-0.2, 0) is 4.79 Å². The average Bonchev–Trinajstić information content (AvgIpc) is 3.05. The van der Waals surface area contributed by atoms with E-state index in [2.05, 4.69) is 5.32 Å². The lowest BCUT2D eigenvalue weighted by Gasteiger charge is -2.23. The molecule has 0 aromatic heterocycles. The number of hydrogen-bond donors (Lipinski definition) is 2. The van der Waals surface area contributed by atoms with Crippen molar-refractivity contribution >= 4 is 41.1 Å². The molecule has 1 saturated carbocycles. The molecular formula is C16H19ClN2O3S. The van der Waals surface area contributed by atoms with Gasteiger partial charge in [0, 0.05) is 23.0 Å². The van der Waals surface area contributed by atoms with Crippen molar-refractivity contribution in [3.63, 3.8) is 0 Å². The van der Waals surface area contributed by atoms with E-state index in [1.54, 1.807) is 17.0 Å². The number of carboxylic acid groups (broad SMARTS) is 1. The molecule has 1 aromatic carbocycles. The summed E-state index contributed by atoms with van der Waals surface area (Å²) < 4.78 is 0. The van der Waals surface area contributed by atoms with Crippen LogP contribution in [-0.4, -0.2) is 41.4 Å². The molecule has 0 bridgehead atoms. The molecule has 1 aliphatic heterocycles. The van der Waals surface area contributed by atoms with Gasteiger partial charge in [-0.1, -0.05) is 18.0 Å². The topological polar surface area (TPSA) is 69.6 Å². The van der Waals surface area contributed by atoms with Gasteiger partial charge in [-0.15, -0.1) is 11.8 Å². The standard InChI is InChI=1S/C16H19ClN2O3S/c1-23-13-5-4-11(17)7-12(13)18-15(22)19-8-10-3-2-6-16(10,9-19)14(20)21/h4-5,7,10H,2-3,6,8-9H2,1H3,(H,18,22)(H,20,21)/t10-,16+/m0/s1. The van der Waals surface area contributed by atoms with E-state index in [1.807, 2.05) is 12.3 Å². The van der Waals surface area contributed by atoms with Crippen molar-refractivity contribution in [1.29, 1.82) is 0 Å². The van der Waals surface area contributed by atoms with Crippen LogP contribution in [0.1, 0.15) is 19.3 Å². The van der Waals surface area contributed by atoms with E-state index in [-0.39, 0.29) is 18.5 Å². The van der Waals surface area contributed by atoms with Crippen LogP contribution in [0.3, 0.4) is 0 Å². The normalized spacial score (nSPS) is 26.2. The van der Waals surface area contributed by atoms with Gasteiger partial charge in [0.05, 0.1) is 11.1 Å². The van der Waals surface area contributed by atoms with Crippen molar-refractivity contribution in [1.82, 2.24) is 4.90 Å². The summed E-state index contributed by atoms with van der Waals surface area (Å²) in [6.45, 7) is 0.793. The molecule has 0 spiro atoms. The number of anilines is 1. The zero-order valence-corrected chi connectivity index (χ0v) is 14.4. The molecule has 1 aromatic rings. The van der Waals surface area contributed by atoms with E-state index in [0.717, 1.165) is 17.7 Å². The highest BCUT2D eigenvalue weighted by molar-refractivity contribution is 7.98. The third kappa shape index (κ3) is 2.90. The minimum Gasteiger partial charge on any atom is -0.481 e. The van der Waals surface area contributed by atoms with E-state index < -0.39 is 11.4 Å². The Morgan fingerprint density at radius 1 is 1.48 bits per heavy atom. The van der Waals surface area contributed by atoms with Crippen LogP contribution in [0.5, 0.6) is 0 Å². The predicted octanol–water partition coefficient (Wildman–Crippen LogP) is 3.78. The summed E-state index contributed by atoms with van der Waals surface area (Å²) in [6.07, 6.45) is 4.39. The number of fused-ring (bicyclic) bond motifs is 1. The number of benzene rings is 1. The molecule has 2 aliphatic rings. The zero-order valence-electron chi connectivity index (χ0n) is 12.8. The SMILES string of the molecule is CSc1ccc(Cl)cc1NC(=O)N1C[C@@H]2CCC[C@@]2(C(=O)O)C1. The third-order valence-corrected chi connectivity index (χ3v) is 6.02. The fourth-order valence-corrected chi connectivity index (χ4v) is 4.47. The summed E-state index contributed by atoms with van der Waals surface area (Å²) in [4.78, 5) is 26.8. The summed E-state index contributed by atoms with van der Waals surface area (Å²) >= 11 is 7.53. The molecule has 2 atom stereocenters. The van der Waals surface area contributed by atoms with Crippen molar-refractivity contribution in [3.05, 3.63) is 23.2 Å². The van der Waals surface area contributed by atoms with E-state index in [9.17, 15) is 14.7 Å². The van der Waals surface area contributed by atoms with Crippen LogP contribution < -0.4 is 5.32 Å². The first-order chi connectivity index (χ1) is 11.0. The van der Waals surface area contributed by atoms with Crippen molar-refractivity contribution in [3.8, 4) is 0 Å². The lowest BCUT2D eigenvalue weighted by Crippen LogP contribution is -2.38. The number of aliphatic carboxylic acids is 1. The second kappa shape index (κ2) is 6.24. The van der Waals surface area contributed by atoms with Gasteiger partial charge >= 0.3 is 12.0 Å². The van der Waals surface area contributed by atoms with Crippen molar-refractivity contribution in [2.24, 2.45) is 11.3 Å². The van der Waals surface area contributed by atoms with Gasteiger partial charge in [0.1, 0.15) is 0 Å². The van der Waals surface area contributed by atoms with E-state index in [1.165, 1.54) is 11.8 Å². The largest absolute Gasteiger partial charge is 0.481 e. The van der Waals surface area contributed by atoms with Crippen LogP contribution in [0.2, 0.25) is 5.02 Å². The number of thioether (sulfide) groups is 1. The summed E-state index contributed by atoms with van der Waals surface area (Å²) in [5.74, 6) is -0.715. The van der Waals surface area contributed by atoms with Crippen LogP contribution in [0.4, 0.5) is 10.5 Å². The molecule has 3 rings (SSSR count). The smallest absolute Gasteiger partial charge is 0.321 e. The van der Waals surface area contributed by atoms with Crippen molar-refractivity contribution in [2.75, 3.05) is 24.7 Å². The van der Waals surface area contributed by atoms with Gasteiger partial charge in [0.25, 0.3) is 0 Å². The molecule has 7 heteroatoms. The summed E-state index contributed by atoms with van der Waals surface area (Å²) in [5.41, 5.74) is -0.0926. The van der Waals surface area contributed by atoms with Gasteiger partial charge in [-0.2, -0.15) is 0 Å². The Balaban J connectivity index is 1.76. The van der Waals surface area contributed by atoms with Gasteiger partial charge in [0.15, 0.2) is 0 Å². The molecule has 124 valence electrons. The fraction of sp³-hybridized carbons (Fsp3) is 0.500. The fourth-order valence-electron chi connectivity index (χ4n) is 3.77. The van der Waals surface area contributed by atoms with Gasteiger partial charge in [-0.05, 0) is 43.2 Å². The van der Waals surface area contributed by atoms with Crippen LogP contribution in [0.25, 0.3) is 0 Å². The Kier molecular flexibility index (Phi) is 4.47. The maximum atomic E-state index is 12.6. The number of amides is 2. The van der Waals surface area contributed by atoms with Crippen molar-refractivity contribution < 1.29 is 14.7 Å². The second-order valence-corrected chi connectivity index (χ2v) is 7.49. The lowest BCUT2D eigenvalue weighted by atomic mass is 9.81. The number of carboxylic acids is 1. The Hall–Kier alpha value is -1.40. The molecule has 23 heavy (non-hydrogen) atoms. The molecule has 2 N–H and O–H groups in total. The van der Waals surface area contributed by atoms with Gasteiger partial charge in [0.2, 0.25) is 0 Å². The molecule has 2 fully saturated rings. The molecule has 0 unspecified atom stereocenters. The van der Waals surface area contributed by atoms with Crippen LogP contribution >= 0.6 is 23.4 Å². The minimum absolute atomic E-state index is 0.0603. The summed E-state index contributed by atoms with van der Waals surface area (Å²) in [5, 5.41) is 13.0. The quantitative estimate of drug-likeness (QED) is 0.810. The maximum absolute atomic E-state index is 12.6. The first-order valence-electron chi connectivity index (χ1n) is 7.59. The first-order valence-corrected chi connectivity index (χ1v) is 9.19. The number of hydrogen-bond acceptors (Lipinski definition) is 3. The predicted molar refractivity (Wildman–Crippen MR) is 91.2 cm³/mol. The van der Waals surface area contributed by atoms with Crippen LogP contribution in [0.15, 0.2) is 23.1 Å². The highest BCUT2D eigenvalue weighted by Crippen LogP contribution is 2.49. The van der Waals surface area contributed by atoms with Gasteiger partial charge in [-0.25, -0.2) is 4.79 Å². The number of urea groups is 1. The Labute approximate surface area is 144 Å². The molecule has 1 aliphatic carbocycles. The second-order valence-electron chi connectivity index (χ2n) is 6.21. The number of carbonyl (C=O) groups excluding carboxylic acids is 1. The minimum atomic E-state index is -0.775. The zero-order chi connectivity index (χ0) is 16.6. The molecule has 1 heterocycles. The molecule has 1 saturated heterocycles. The summed E-state index contributed by atoms with van der Waals surface area (Å²) in [6, 6.07) is 5.11. The number of rotatable bonds is 3. The molecule has 5 nitrogen and oxygen atoms in total. The number of halogens is 1. The third-order valence-electron chi connectivity index (χ3n) is 4.99. The summed E-state index contributed by atoms with van der Waals surface area (Å²) in [7, 11) is 0. The molecular weight excluding hydrogens is 336 g/mol. The number of nitrogens with one attached hydrogen (secondary N) is 1. The van der Waals surface area contributed by atoms with Gasteiger partial charge in [-0.3, -0.25) is 4.79 Å². The number of likely N-dealkylation sites (tertiary alicyclic amines) is 1. The Bertz CT molecular complexity index is 654. The monoisotopic (exact) mass is 354 g/mol. The Morgan fingerprint density at radius 3 is 2.91 bits per heavy atom. The lowest BCUT2D eigenvalue weighted by molar-refractivity contribution is -0.149. The van der Waals surface area contributed by atoms with E-state index in [4.69, 9.17) is 11.6 Å². The number of carbonyl (C=O) groups is 2. The molecule has 2 amide bonds. The highest BCUT2D eigenvalue weighted by atomic mass is 35.5. The van der Waals surface area contributed by atoms with E-state index >= 15 is 0 Å². The van der Waals surface area contributed by atoms with E-state index in [0.29, 0.717) is 23.7 Å². The maximum Gasteiger partial charge on any atom is 0.321 e. The molecule has 0 radical (unpaired) electrons. The average molecular weight is 355 g/mol. The van der Waals surface area contributed by atoms with Crippen LogP contribution in [0, 0.1) is 11.3 Å². The first kappa shape index (κ1) is 16.5. The van der Waals surface area contributed by atoms with Crippen molar-refractivity contribution in [2.45, 2.75) is 24.2 Å². The number of nitrogens with zero attached hydrogens (tertiary/aromatic N) is 1.